The summed E-state index contributed by atoms with van der Waals surface area (Å²) in [5.74, 6) is 0.387. The number of anilines is 1. The third kappa shape index (κ3) is 5.29. The van der Waals surface area contributed by atoms with Crippen molar-refractivity contribution < 1.29 is 4.79 Å². The van der Waals surface area contributed by atoms with Crippen molar-refractivity contribution in [2.24, 2.45) is 0 Å². The van der Waals surface area contributed by atoms with Crippen LogP contribution in [0, 0.1) is 0 Å². The summed E-state index contributed by atoms with van der Waals surface area (Å²) in [4.78, 5) is 12.1. The molecule has 1 heterocycles. The van der Waals surface area contributed by atoms with Crippen LogP contribution < -0.4 is 10.6 Å². The molecule has 26 heavy (non-hydrogen) atoms. The van der Waals surface area contributed by atoms with Gasteiger partial charge in [0, 0.05) is 18.1 Å². The summed E-state index contributed by atoms with van der Waals surface area (Å²) in [5, 5.41) is 14.8. The lowest BCUT2D eigenvalue weighted by Crippen LogP contribution is -2.26. The molecule has 0 unspecified atom stereocenters. The van der Waals surface area contributed by atoms with E-state index < -0.39 is 0 Å². The van der Waals surface area contributed by atoms with Crippen LogP contribution in [0.25, 0.3) is 0 Å². The van der Waals surface area contributed by atoms with Gasteiger partial charge in [-0.05, 0) is 41.8 Å². The molecule has 0 aliphatic heterocycles. The molecule has 2 N–H and O–H groups in total. The van der Waals surface area contributed by atoms with Crippen LogP contribution in [-0.4, -0.2) is 22.6 Å². The Morgan fingerprint density at radius 2 is 1.65 bits per heavy atom. The van der Waals surface area contributed by atoms with Crippen LogP contribution in [0.5, 0.6) is 0 Å². The van der Waals surface area contributed by atoms with Gasteiger partial charge in [-0.25, -0.2) is 0 Å². The number of aromatic nitrogens is 2. The number of hydrogen-bond donors (Lipinski definition) is 2. The van der Waals surface area contributed by atoms with Crippen molar-refractivity contribution in [3.63, 3.8) is 0 Å². The topological polar surface area (TPSA) is 66.9 Å². The molecule has 132 valence electrons. The molecule has 0 spiro atoms. The largest absolute Gasteiger partial charge is 0.365 e. The van der Waals surface area contributed by atoms with Gasteiger partial charge in [0.2, 0.25) is 0 Å². The molecule has 5 nitrogen and oxygen atoms in total. The quantitative estimate of drug-likeness (QED) is 0.668. The molecule has 1 amide bonds. The molecule has 0 saturated carbocycles. The number of rotatable bonds is 7. The van der Waals surface area contributed by atoms with Gasteiger partial charge in [-0.1, -0.05) is 54.1 Å². The third-order valence-corrected chi connectivity index (χ3v) is 4.08. The Bertz CT molecular complexity index is 836. The Morgan fingerprint density at radius 1 is 0.885 bits per heavy atom. The van der Waals surface area contributed by atoms with E-state index in [1.807, 2.05) is 54.6 Å². The first-order chi connectivity index (χ1) is 12.7. The maximum Gasteiger partial charge on any atom is 0.271 e. The van der Waals surface area contributed by atoms with Crippen molar-refractivity contribution in [2.45, 2.75) is 13.0 Å². The molecule has 0 aliphatic rings. The van der Waals surface area contributed by atoms with Gasteiger partial charge in [0.15, 0.2) is 5.69 Å². The second-order valence-corrected chi connectivity index (χ2v) is 6.21. The van der Waals surface area contributed by atoms with Crippen LogP contribution in [0.2, 0.25) is 5.02 Å². The molecule has 0 bridgehead atoms. The van der Waals surface area contributed by atoms with Crippen LogP contribution >= 0.6 is 11.6 Å². The van der Waals surface area contributed by atoms with Gasteiger partial charge in [0.25, 0.3) is 5.91 Å². The number of hydrogen-bond acceptors (Lipinski definition) is 4. The Morgan fingerprint density at radius 3 is 2.35 bits per heavy atom. The lowest BCUT2D eigenvalue weighted by Gasteiger charge is -2.07. The molecular weight excluding hydrogens is 348 g/mol. The molecular formula is C20H19ClN4O. The number of halogens is 1. The van der Waals surface area contributed by atoms with Crippen LogP contribution in [0.3, 0.4) is 0 Å². The van der Waals surface area contributed by atoms with Crippen LogP contribution in [0.1, 0.15) is 21.6 Å². The van der Waals surface area contributed by atoms with Gasteiger partial charge in [-0.3, -0.25) is 4.79 Å². The number of carbonyl (C=O) groups is 1. The highest BCUT2D eigenvalue weighted by molar-refractivity contribution is 6.30. The van der Waals surface area contributed by atoms with Crippen molar-refractivity contribution in [1.29, 1.82) is 0 Å². The number of amides is 1. The lowest BCUT2D eigenvalue weighted by atomic mass is 10.1. The summed E-state index contributed by atoms with van der Waals surface area (Å²) < 4.78 is 0. The Balaban J connectivity index is 1.47. The van der Waals surface area contributed by atoms with Crippen LogP contribution in [0.15, 0.2) is 66.7 Å². The molecule has 0 saturated heterocycles. The monoisotopic (exact) mass is 366 g/mol. The molecule has 6 heteroatoms. The van der Waals surface area contributed by atoms with Crippen molar-refractivity contribution >= 4 is 23.3 Å². The van der Waals surface area contributed by atoms with Crippen molar-refractivity contribution in [3.05, 3.63) is 88.6 Å². The minimum absolute atomic E-state index is 0.224. The Hall–Kier alpha value is -2.92. The minimum Gasteiger partial charge on any atom is -0.365 e. The highest BCUT2D eigenvalue weighted by Gasteiger charge is 2.07. The first kappa shape index (κ1) is 17.9. The van der Waals surface area contributed by atoms with E-state index in [0.29, 0.717) is 29.6 Å². The average Bonchev–Trinajstić information content (AvgIpc) is 2.69. The average molecular weight is 367 g/mol. The number of benzene rings is 2. The summed E-state index contributed by atoms with van der Waals surface area (Å²) in [6.45, 7) is 1.16. The summed E-state index contributed by atoms with van der Waals surface area (Å²) >= 11 is 5.87. The molecule has 2 aromatic carbocycles. The smallest absolute Gasteiger partial charge is 0.271 e. The molecule has 3 rings (SSSR count). The van der Waals surface area contributed by atoms with E-state index in [0.717, 1.165) is 12.0 Å². The molecule has 1 aromatic heterocycles. The maximum atomic E-state index is 12.1. The predicted molar refractivity (Wildman–Crippen MR) is 103 cm³/mol. The molecule has 0 atom stereocenters. The number of carbonyl (C=O) groups excluding carboxylic acids is 1. The van der Waals surface area contributed by atoms with E-state index in [4.69, 9.17) is 11.6 Å². The third-order valence-electron chi connectivity index (χ3n) is 3.83. The van der Waals surface area contributed by atoms with Gasteiger partial charge in [-0.2, -0.15) is 0 Å². The zero-order chi connectivity index (χ0) is 18.2. The molecule has 0 fully saturated rings. The van der Waals surface area contributed by atoms with Gasteiger partial charge in [-0.15, -0.1) is 10.2 Å². The Labute approximate surface area is 157 Å². The summed E-state index contributed by atoms with van der Waals surface area (Å²) in [6, 6.07) is 21.0. The van der Waals surface area contributed by atoms with E-state index >= 15 is 0 Å². The van der Waals surface area contributed by atoms with Crippen LogP contribution in [-0.2, 0) is 13.0 Å². The number of nitrogens with zero attached hydrogens (tertiary/aromatic N) is 2. The van der Waals surface area contributed by atoms with Crippen molar-refractivity contribution in [2.75, 3.05) is 11.9 Å². The van der Waals surface area contributed by atoms with E-state index in [1.54, 1.807) is 12.1 Å². The van der Waals surface area contributed by atoms with Crippen molar-refractivity contribution in [1.82, 2.24) is 15.5 Å². The fourth-order valence-electron chi connectivity index (χ4n) is 2.40. The summed E-state index contributed by atoms with van der Waals surface area (Å²) in [6.07, 6.45) is 0.779. The zero-order valence-corrected chi connectivity index (χ0v) is 14.9. The SMILES string of the molecule is O=C(NCCc1ccccc1)c1ccc(NCc2ccc(Cl)cc2)nn1. The predicted octanol–water partition coefficient (Wildman–Crippen LogP) is 3.71. The van der Waals surface area contributed by atoms with E-state index in [-0.39, 0.29) is 5.91 Å². The normalized spacial score (nSPS) is 10.3. The highest BCUT2D eigenvalue weighted by Crippen LogP contribution is 2.11. The maximum absolute atomic E-state index is 12.1. The van der Waals surface area contributed by atoms with Gasteiger partial charge in [0.1, 0.15) is 5.82 Å². The van der Waals surface area contributed by atoms with Crippen LogP contribution in [0.4, 0.5) is 5.82 Å². The second-order valence-electron chi connectivity index (χ2n) is 5.78. The van der Waals surface area contributed by atoms with E-state index in [2.05, 4.69) is 20.8 Å². The first-order valence-corrected chi connectivity index (χ1v) is 8.73. The van der Waals surface area contributed by atoms with Crippen molar-refractivity contribution in [3.8, 4) is 0 Å². The fourth-order valence-corrected chi connectivity index (χ4v) is 2.52. The van der Waals surface area contributed by atoms with Gasteiger partial charge >= 0.3 is 0 Å². The lowest BCUT2D eigenvalue weighted by molar-refractivity contribution is 0.0948. The Kier molecular flexibility index (Phi) is 6.17. The molecule has 3 aromatic rings. The molecule has 0 aliphatic carbocycles. The van der Waals surface area contributed by atoms with Gasteiger partial charge < -0.3 is 10.6 Å². The molecule has 0 radical (unpaired) electrons. The summed E-state index contributed by atoms with van der Waals surface area (Å²) in [5.41, 5.74) is 2.56. The van der Waals surface area contributed by atoms with E-state index in [1.165, 1.54) is 5.56 Å². The number of nitrogens with one attached hydrogen (secondary N) is 2. The second kappa shape index (κ2) is 8.97. The standard InChI is InChI=1S/C20H19ClN4O/c21-17-8-6-16(7-9-17)14-23-19-11-10-18(24-25-19)20(26)22-13-12-15-4-2-1-3-5-15/h1-11H,12-14H2,(H,22,26)(H,23,25). The van der Waals surface area contributed by atoms with Gasteiger partial charge in [0.05, 0.1) is 0 Å². The van der Waals surface area contributed by atoms with E-state index in [9.17, 15) is 4.79 Å². The highest BCUT2D eigenvalue weighted by atomic mass is 35.5. The fraction of sp³-hybridized carbons (Fsp3) is 0.150. The first-order valence-electron chi connectivity index (χ1n) is 8.35. The summed E-state index contributed by atoms with van der Waals surface area (Å²) in [7, 11) is 0. The minimum atomic E-state index is -0.224. The zero-order valence-electron chi connectivity index (χ0n) is 14.2.